The van der Waals surface area contributed by atoms with Crippen molar-refractivity contribution >= 4 is 43.7 Å². The maximum Gasteiger partial charge on any atom is 0.291 e. The van der Waals surface area contributed by atoms with E-state index in [1.807, 2.05) is 17.5 Å². The van der Waals surface area contributed by atoms with Gasteiger partial charge in [0.1, 0.15) is 16.1 Å². The number of fused-ring (bicyclic) bond motifs is 1. The molecular formula is C19H12N4O4S3. The van der Waals surface area contributed by atoms with Crippen LogP contribution in [0.3, 0.4) is 0 Å². The molecule has 8 nitrogen and oxygen atoms in total. The second-order valence-electron chi connectivity index (χ2n) is 6.29. The van der Waals surface area contributed by atoms with Crippen LogP contribution >= 0.6 is 22.7 Å². The molecule has 0 saturated heterocycles. The second kappa shape index (κ2) is 6.99. The first kappa shape index (κ1) is 18.9. The molecule has 0 spiro atoms. The summed E-state index contributed by atoms with van der Waals surface area (Å²) >= 11 is 2.74. The van der Waals surface area contributed by atoms with Gasteiger partial charge in [0, 0.05) is 11.6 Å². The lowest BCUT2D eigenvalue weighted by Gasteiger charge is -2.00. The van der Waals surface area contributed by atoms with Crippen LogP contribution in [0.5, 0.6) is 0 Å². The number of rotatable bonds is 4. The quantitative estimate of drug-likeness (QED) is 0.443. The number of aromatic nitrogens is 3. The number of hydrogen-bond donors (Lipinski definition) is 1. The number of thiophene rings is 1. The summed E-state index contributed by atoms with van der Waals surface area (Å²) in [4.78, 5) is 18.5. The van der Waals surface area contributed by atoms with Gasteiger partial charge in [0.15, 0.2) is 5.82 Å². The molecule has 5 rings (SSSR count). The first-order chi connectivity index (χ1) is 14.4. The van der Waals surface area contributed by atoms with E-state index in [1.165, 1.54) is 39.3 Å². The van der Waals surface area contributed by atoms with Crippen LogP contribution in [0.25, 0.3) is 33.1 Å². The molecule has 0 radical (unpaired) electrons. The van der Waals surface area contributed by atoms with Crippen molar-refractivity contribution in [2.75, 3.05) is 0 Å². The highest BCUT2D eigenvalue weighted by molar-refractivity contribution is 7.89. The normalized spacial score (nSPS) is 12.8. The fraction of sp³-hybridized carbons (Fsp3) is 0. The number of benzene rings is 1. The minimum Gasteiger partial charge on any atom is -0.457 e. The average Bonchev–Trinajstić information content (AvgIpc) is 3.48. The highest BCUT2D eigenvalue weighted by atomic mass is 32.2. The summed E-state index contributed by atoms with van der Waals surface area (Å²) in [7, 11) is -3.75. The Hall–Kier alpha value is -3.12. The van der Waals surface area contributed by atoms with Gasteiger partial charge in [-0.05, 0) is 47.8 Å². The van der Waals surface area contributed by atoms with Gasteiger partial charge < -0.3 is 4.42 Å². The van der Waals surface area contributed by atoms with Gasteiger partial charge in [-0.15, -0.1) is 16.4 Å². The van der Waals surface area contributed by atoms with Gasteiger partial charge in [0.2, 0.25) is 15.0 Å². The van der Waals surface area contributed by atoms with Gasteiger partial charge in [-0.2, -0.15) is 9.50 Å². The first-order valence-electron chi connectivity index (χ1n) is 8.57. The monoisotopic (exact) mass is 456 g/mol. The van der Waals surface area contributed by atoms with E-state index in [4.69, 9.17) is 9.56 Å². The Morgan fingerprint density at radius 3 is 2.57 bits per heavy atom. The summed E-state index contributed by atoms with van der Waals surface area (Å²) in [5.41, 5.74) is 0.424. The van der Waals surface area contributed by atoms with E-state index in [9.17, 15) is 13.2 Å². The number of hydrogen-bond acceptors (Lipinski definition) is 8. The van der Waals surface area contributed by atoms with Gasteiger partial charge in [0.05, 0.1) is 9.77 Å². The molecule has 5 aromatic rings. The minimum atomic E-state index is -3.75. The Balaban J connectivity index is 1.48. The van der Waals surface area contributed by atoms with E-state index in [0.717, 1.165) is 4.88 Å². The summed E-state index contributed by atoms with van der Waals surface area (Å²) in [5, 5.41) is 11.3. The summed E-state index contributed by atoms with van der Waals surface area (Å²) in [6.45, 7) is 0. The van der Waals surface area contributed by atoms with E-state index in [1.54, 1.807) is 30.3 Å². The predicted octanol–water partition coefficient (Wildman–Crippen LogP) is 2.33. The Morgan fingerprint density at radius 2 is 1.90 bits per heavy atom. The third kappa shape index (κ3) is 3.37. The zero-order chi connectivity index (χ0) is 20.9. The third-order valence-corrected chi connectivity index (χ3v) is 7.05. The molecule has 0 atom stereocenters. The molecule has 0 saturated carbocycles. The van der Waals surface area contributed by atoms with Crippen LogP contribution in [0, 0.1) is 0 Å². The van der Waals surface area contributed by atoms with E-state index in [0.29, 0.717) is 32.4 Å². The van der Waals surface area contributed by atoms with Crippen molar-refractivity contribution in [3.05, 3.63) is 74.6 Å². The second-order valence-corrected chi connectivity index (χ2v) is 9.81. The lowest BCUT2D eigenvalue weighted by Crippen LogP contribution is -2.23. The molecule has 150 valence electrons. The van der Waals surface area contributed by atoms with Gasteiger partial charge >= 0.3 is 0 Å². The smallest absolute Gasteiger partial charge is 0.291 e. The van der Waals surface area contributed by atoms with Crippen LogP contribution in [-0.4, -0.2) is 23.0 Å². The first-order valence-corrected chi connectivity index (χ1v) is 11.8. The zero-order valence-electron chi connectivity index (χ0n) is 15.1. The standard InChI is InChI=1S/C19H12N4O4S3/c20-30(25,26)13-6-3-11(4-7-13)14-8-5-12(27-14)10-16-18(24)23-19(29-16)21-17(22-23)15-2-1-9-28-15/h1-10H,(H2,20,25,26). The van der Waals surface area contributed by atoms with Gasteiger partial charge in [-0.25, -0.2) is 13.6 Å². The van der Waals surface area contributed by atoms with E-state index < -0.39 is 10.0 Å². The van der Waals surface area contributed by atoms with Crippen LogP contribution < -0.4 is 15.2 Å². The third-order valence-electron chi connectivity index (χ3n) is 4.29. The van der Waals surface area contributed by atoms with Crippen molar-refractivity contribution < 1.29 is 12.8 Å². The molecule has 0 bridgehead atoms. The number of nitrogens with zero attached hydrogens (tertiary/aromatic N) is 3. The molecule has 4 heterocycles. The summed E-state index contributed by atoms with van der Waals surface area (Å²) in [5.74, 6) is 1.55. The molecular weight excluding hydrogens is 444 g/mol. The maximum absolute atomic E-state index is 12.7. The highest BCUT2D eigenvalue weighted by Gasteiger charge is 2.13. The van der Waals surface area contributed by atoms with Gasteiger partial charge in [-0.3, -0.25) is 4.79 Å². The number of sulfonamides is 1. The Bertz CT molecular complexity index is 1580. The van der Waals surface area contributed by atoms with Gasteiger partial charge in [0.25, 0.3) is 5.56 Å². The molecule has 0 aliphatic heterocycles. The lowest BCUT2D eigenvalue weighted by molar-refractivity contribution is 0.571. The number of thiazole rings is 1. The molecule has 0 aliphatic rings. The van der Waals surface area contributed by atoms with Crippen molar-refractivity contribution in [2.45, 2.75) is 4.90 Å². The SMILES string of the molecule is NS(=O)(=O)c1ccc(-c2ccc(C=c3sc4nc(-c5cccs5)nn4c3=O)o2)cc1. The molecule has 30 heavy (non-hydrogen) atoms. The number of primary sulfonamides is 1. The van der Waals surface area contributed by atoms with Crippen LogP contribution in [0.2, 0.25) is 0 Å². The van der Waals surface area contributed by atoms with Crippen molar-refractivity contribution in [1.82, 2.24) is 14.6 Å². The fourth-order valence-electron chi connectivity index (χ4n) is 2.87. The molecule has 0 amide bonds. The lowest BCUT2D eigenvalue weighted by atomic mass is 10.2. The Morgan fingerprint density at radius 1 is 1.10 bits per heavy atom. The number of furan rings is 1. The molecule has 2 N–H and O–H groups in total. The fourth-order valence-corrected chi connectivity index (χ4v) is 4.92. The minimum absolute atomic E-state index is 0.0249. The maximum atomic E-state index is 12.7. The van der Waals surface area contributed by atoms with Crippen molar-refractivity contribution in [2.24, 2.45) is 5.14 Å². The van der Waals surface area contributed by atoms with Crippen LogP contribution in [-0.2, 0) is 10.0 Å². The molecule has 4 aromatic heterocycles. The average molecular weight is 457 g/mol. The van der Waals surface area contributed by atoms with Crippen molar-refractivity contribution in [3.63, 3.8) is 0 Å². The van der Waals surface area contributed by atoms with Crippen LogP contribution in [0.4, 0.5) is 0 Å². The summed E-state index contributed by atoms with van der Waals surface area (Å²) < 4.78 is 30.3. The zero-order valence-corrected chi connectivity index (χ0v) is 17.5. The summed E-state index contributed by atoms with van der Waals surface area (Å²) in [6, 6.07) is 13.3. The van der Waals surface area contributed by atoms with E-state index >= 15 is 0 Å². The molecule has 0 aliphatic carbocycles. The predicted molar refractivity (Wildman–Crippen MR) is 115 cm³/mol. The van der Waals surface area contributed by atoms with E-state index in [-0.39, 0.29) is 10.5 Å². The van der Waals surface area contributed by atoms with Gasteiger partial charge in [-0.1, -0.05) is 17.4 Å². The molecule has 0 fully saturated rings. The highest BCUT2D eigenvalue weighted by Crippen LogP contribution is 2.24. The number of nitrogens with two attached hydrogens (primary N) is 1. The summed E-state index contributed by atoms with van der Waals surface area (Å²) in [6.07, 6.45) is 1.64. The molecule has 11 heteroatoms. The molecule has 1 aromatic carbocycles. The topological polar surface area (TPSA) is 121 Å². The van der Waals surface area contributed by atoms with E-state index in [2.05, 4.69) is 10.1 Å². The Kier molecular flexibility index (Phi) is 4.40. The molecule has 0 unspecified atom stereocenters. The Labute approximate surface area is 177 Å². The van der Waals surface area contributed by atoms with Crippen molar-refractivity contribution in [1.29, 1.82) is 0 Å². The van der Waals surface area contributed by atoms with Crippen molar-refractivity contribution in [3.8, 4) is 22.0 Å². The largest absolute Gasteiger partial charge is 0.457 e. The van der Waals surface area contributed by atoms with Crippen LogP contribution in [0.15, 0.2) is 68.0 Å². The van der Waals surface area contributed by atoms with Crippen LogP contribution in [0.1, 0.15) is 5.76 Å².